The molecule has 13 heteroatoms. The van der Waals surface area contributed by atoms with E-state index in [2.05, 4.69) is 25.8 Å². The molecule has 2 heterocycles. The van der Waals surface area contributed by atoms with E-state index in [9.17, 15) is 9.59 Å². The normalized spacial score (nSPS) is 10.5. The van der Waals surface area contributed by atoms with E-state index in [0.717, 1.165) is 17.0 Å². The molecule has 3 rings (SSSR count). The van der Waals surface area contributed by atoms with Crippen molar-refractivity contribution in [3.63, 3.8) is 0 Å². The van der Waals surface area contributed by atoms with Gasteiger partial charge in [-0.3, -0.25) is 14.9 Å². The molecule has 0 aliphatic carbocycles. The molecular weight excluding hydrogens is 462 g/mol. The molecule has 0 aliphatic heterocycles. The maximum absolute atomic E-state index is 12.6. The van der Waals surface area contributed by atoms with Gasteiger partial charge in [-0.05, 0) is 19.1 Å². The summed E-state index contributed by atoms with van der Waals surface area (Å²) in [5, 5.41) is 16.1. The Kier molecular flexibility index (Phi) is 7.65. The first-order valence-electron chi connectivity index (χ1n) is 8.73. The Labute approximate surface area is 190 Å². The third-order valence-electron chi connectivity index (χ3n) is 3.75. The molecule has 0 saturated carbocycles. The molecule has 0 aliphatic rings. The highest BCUT2D eigenvalue weighted by molar-refractivity contribution is 8.01. The molecule has 0 unspecified atom stereocenters. The van der Waals surface area contributed by atoms with Crippen LogP contribution in [0.3, 0.4) is 0 Å². The average Bonchev–Trinajstić information content (AvgIpc) is 3.39. The number of hydrogen-bond acceptors (Lipinski definition) is 11. The van der Waals surface area contributed by atoms with E-state index in [-0.39, 0.29) is 11.7 Å². The van der Waals surface area contributed by atoms with Gasteiger partial charge in [0, 0.05) is 10.9 Å². The van der Waals surface area contributed by atoms with Crippen molar-refractivity contribution in [2.75, 3.05) is 37.7 Å². The number of hydrogen-bond donors (Lipinski definition) is 2. The second-order valence-electron chi connectivity index (χ2n) is 5.87. The van der Waals surface area contributed by atoms with Crippen molar-refractivity contribution < 1.29 is 23.8 Å². The van der Waals surface area contributed by atoms with Gasteiger partial charge >= 0.3 is 0 Å². The number of methoxy groups -OCH3 is 3. The fraction of sp³-hybridized carbons (Fsp3) is 0.278. The highest BCUT2D eigenvalue weighted by Gasteiger charge is 2.18. The van der Waals surface area contributed by atoms with Gasteiger partial charge in [-0.15, -0.1) is 21.5 Å². The smallest absolute Gasteiger partial charge is 0.257 e. The van der Waals surface area contributed by atoms with Crippen LogP contribution in [0.2, 0.25) is 0 Å². The molecule has 31 heavy (non-hydrogen) atoms. The summed E-state index contributed by atoms with van der Waals surface area (Å²) in [6, 6.07) is 3.08. The number of amides is 2. The minimum absolute atomic E-state index is 0.147. The van der Waals surface area contributed by atoms with Gasteiger partial charge in [-0.2, -0.15) is 0 Å². The van der Waals surface area contributed by atoms with Crippen LogP contribution in [0.4, 0.5) is 10.3 Å². The van der Waals surface area contributed by atoms with Crippen molar-refractivity contribution in [2.45, 2.75) is 11.3 Å². The molecular formula is C18H19N5O5S3. The standard InChI is InChI=1S/C18H19N5O5S3/c1-9-7-29-16(19-9)20-13(24)8-30-18-23-22-17(31-18)21-15(25)10-5-11(26-2)14(28-4)12(6-10)27-3/h5-7H,8H2,1-4H3,(H,19,20,24)(H,21,22,25). The largest absolute Gasteiger partial charge is 0.493 e. The van der Waals surface area contributed by atoms with Gasteiger partial charge in [0.25, 0.3) is 5.91 Å². The number of carbonyl (C=O) groups is 2. The number of rotatable bonds is 9. The lowest BCUT2D eigenvalue weighted by atomic mass is 10.1. The minimum atomic E-state index is -0.413. The number of thioether (sulfide) groups is 1. The molecule has 0 fully saturated rings. The Hall–Kier alpha value is -2.90. The molecule has 1 aromatic carbocycles. The third kappa shape index (κ3) is 5.83. The van der Waals surface area contributed by atoms with Gasteiger partial charge in [0.1, 0.15) is 0 Å². The van der Waals surface area contributed by atoms with Crippen molar-refractivity contribution in [1.29, 1.82) is 0 Å². The van der Waals surface area contributed by atoms with Crippen LogP contribution in [-0.2, 0) is 4.79 Å². The topological polar surface area (TPSA) is 125 Å². The van der Waals surface area contributed by atoms with Gasteiger partial charge in [0.2, 0.25) is 16.8 Å². The van der Waals surface area contributed by atoms with E-state index >= 15 is 0 Å². The molecule has 0 spiro atoms. The van der Waals surface area contributed by atoms with Crippen LogP contribution in [0.5, 0.6) is 17.2 Å². The predicted molar refractivity (Wildman–Crippen MR) is 120 cm³/mol. The molecule has 0 saturated heterocycles. The Morgan fingerprint density at radius 1 is 1.03 bits per heavy atom. The van der Waals surface area contributed by atoms with Gasteiger partial charge in [0.15, 0.2) is 21.0 Å². The van der Waals surface area contributed by atoms with Crippen LogP contribution in [-0.4, -0.2) is 54.1 Å². The molecule has 10 nitrogen and oxygen atoms in total. The van der Waals surface area contributed by atoms with E-state index in [4.69, 9.17) is 14.2 Å². The Morgan fingerprint density at radius 3 is 2.32 bits per heavy atom. The van der Waals surface area contributed by atoms with Gasteiger partial charge < -0.3 is 19.5 Å². The summed E-state index contributed by atoms with van der Waals surface area (Å²) in [4.78, 5) is 28.8. The quantitative estimate of drug-likeness (QED) is 0.350. The molecule has 2 N–H and O–H groups in total. The van der Waals surface area contributed by atoms with Crippen molar-refractivity contribution in [3.05, 3.63) is 28.8 Å². The van der Waals surface area contributed by atoms with Crippen LogP contribution < -0.4 is 24.8 Å². The maximum Gasteiger partial charge on any atom is 0.257 e. The Morgan fingerprint density at radius 2 is 1.74 bits per heavy atom. The van der Waals surface area contributed by atoms with Crippen LogP contribution in [0.25, 0.3) is 0 Å². The SMILES string of the molecule is COc1cc(C(=O)Nc2nnc(SCC(=O)Nc3nc(C)cs3)s2)cc(OC)c1OC. The zero-order chi connectivity index (χ0) is 22.4. The molecule has 0 bridgehead atoms. The average molecular weight is 482 g/mol. The minimum Gasteiger partial charge on any atom is -0.493 e. The molecule has 3 aromatic rings. The number of anilines is 2. The summed E-state index contributed by atoms with van der Waals surface area (Å²) in [6.45, 7) is 1.86. The first-order valence-corrected chi connectivity index (χ1v) is 11.4. The Balaban J connectivity index is 1.60. The lowest BCUT2D eigenvalue weighted by molar-refractivity contribution is -0.113. The van der Waals surface area contributed by atoms with Crippen molar-refractivity contribution >= 4 is 56.5 Å². The number of thiazole rings is 1. The number of nitrogens with one attached hydrogen (secondary N) is 2. The summed E-state index contributed by atoms with van der Waals surface area (Å²) < 4.78 is 16.3. The van der Waals surface area contributed by atoms with Crippen LogP contribution in [0, 0.1) is 6.92 Å². The molecule has 2 aromatic heterocycles. The summed E-state index contributed by atoms with van der Waals surface area (Å²) in [5.74, 6) is 0.654. The number of nitrogens with zero attached hydrogens (tertiary/aromatic N) is 3. The monoisotopic (exact) mass is 481 g/mol. The molecule has 0 radical (unpaired) electrons. The number of aryl methyl sites for hydroxylation is 1. The van der Waals surface area contributed by atoms with Crippen LogP contribution >= 0.6 is 34.4 Å². The highest BCUT2D eigenvalue weighted by Crippen LogP contribution is 2.38. The zero-order valence-corrected chi connectivity index (χ0v) is 19.5. The van der Waals surface area contributed by atoms with Crippen molar-refractivity contribution in [2.24, 2.45) is 0 Å². The van der Waals surface area contributed by atoms with E-state index in [1.54, 1.807) is 0 Å². The fourth-order valence-corrected chi connectivity index (χ4v) is 4.65. The van der Waals surface area contributed by atoms with Crippen LogP contribution in [0.1, 0.15) is 16.1 Å². The number of carbonyl (C=O) groups excluding carboxylic acids is 2. The lowest BCUT2D eigenvalue weighted by Crippen LogP contribution is -2.13. The van der Waals surface area contributed by atoms with Gasteiger partial charge in [-0.25, -0.2) is 4.98 Å². The third-order valence-corrected chi connectivity index (χ3v) is 6.59. The van der Waals surface area contributed by atoms with E-state index in [0.29, 0.717) is 37.4 Å². The van der Waals surface area contributed by atoms with Crippen molar-refractivity contribution in [3.8, 4) is 17.2 Å². The fourth-order valence-electron chi connectivity index (χ4n) is 2.39. The van der Waals surface area contributed by atoms with Gasteiger partial charge in [0.05, 0.1) is 32.8 Å². The summed E-state index contributed by atoms with van der Waals surface area (Å²) in [6.07, 6.45) is 0. The second-order valence-corrected chi connectivity index (χ2v) is 8.93. The zero-order valence-electron chi connectivity index (χ0n) is 17.0. The number of ether oxygens (including phenoxy) is 3. The van der Waals surface area contributed by atoms with E-state index < -0.39 is 5.91 Å². The maximum atomic E-state index is 12.6. The first-order chi connectivity index (χ1) is 14.9. The van der Waals surface area contributed by atoms with Crippen LogP contribution in [0.15, 0.2) is 21.9 Å². The van der Waals surface area contributed by atoms with Crippen molar-refractivity contribution in [1.82, 2.24) is 15.2 Å². The van der Waals surface area contributed by atoms with Gasteiger partial charge in [-0.1, -0.05) is 23.1 Å². The molecule has 0 atom stereocenters. The predicted octanol–water partition coefficient (Wildman–Crippen LogP) is 3.31. The number of benzene rings is 1. The molecule has 2 amide bonds. The summed E-state index contributed by atoms with van der Waals surface area (Å²) in [5.41, 5.74) is 1.15. The summed E-state index contributed by atoms with van der Waals surface area (Å²) >= 11 is 3.75. The Bertz CT molecular complexity index is 1060. The summed E-state index contributed by atoms with van der Waals surface area (Å²) in [7, 11) is 4.43. The molecule has 164 valence electrons. The van der Waals surface area contributed by atoms with E-state index in [1.807, 2.05) is 12.3 Å². The highest BCUT2D eigenvalue weighted by atomic mass is 32.2. The van der Waals surface area contributed by atoms with E-state index in [1.165, 1.54) is 56.6 Å². The number of aromatic nitrogens is 3. The second kappa shape index (κ2) is 10.4. The lowest BCUT2D eigenvalue weighted by Gasteiger charge is -2.13. The first kappa shape index (κ1) is 22.8.